The van der Waals surface area contributed by atoms with Crippen LogP contribution >= 0.6 is 0 Å². The summed E-state index contributed by atoms with van der Waals surface area (Å²) in [6, 6.07) is 3.24. The Labute approximate surface area is 142 Å². The smallest absolute Gasteiger partial charge is 0.259 e. The maximum absolute atomic E-state index is 12.7. The van der Waals surface area contributed by atoms with Gasteiger partial charge in [0.05, 0.1) is 18.5 Å². The summed E-state index contributed by atoms with van der Waals surface area (Å²) in [4.78, 5) is 18.2. The molecule has 1 aromatic rings. The van der Waals surface area contributed by atoms with E-state index in [1.165, 1.54) is 25.2 Å². The zero-order valence-corrected chi connectivity index (χ0v) is 14.9. The van der Waals surface area contributed by atoms with Crippen LogP contribution in [0.2, 0.25) is 0 Å². The number of hydrogen-bond donors (Lipinski definition) is 1. The Balaban J connectivity index is 2.13. The molecule has 0 aliphatic carbocycles. The number of carbonyl (C=O) groups excluding carboxylic acids is 1. The summed E-state index contributed by atoms with van der Waals surface area (Å²) >= 11 is 0. The molecule has 1 amide bonds. The first-order chi connectivity index (χ1) is 11.3. The summed E-state index contributed by atoms with van der Waals surface area (Å²) in [7, 11) is -0.551. The van der Waals surface area contributed by atoms with Crippen molar-refractivity contribution in [2.75, 3.05) is 39.5 Å². The first-order valence-corrected chi connectivity index (χ1v) is 9.32. The first-order valence-electron chi connectivity index (χ1n) is 7.71. The van der Waals surface area contributed by atoms with Gasteiger partial charge in [0, 0.05) is 39.3 Å². The second kappa shape index (κ2) is 7.45. The summed E-state index contributed by atoms with van der Waals surface area (Å²) in [5.41, 5.74) is 0.308. The molecule has 0 radical (unpaired) electrons. The van der Waals surface area contributed by atoms with Crippen molar-refractivity contribution in [1.82, 2.24) is 14.2 Å². The Morgan fingerprint density at radius 1 is 1.46 bits per heavy atom. The third-order valence-electron chi connectivity index (χ3n) is 3.96. The number of β-amino-alcohol motifs (C(OH)–C–C–N with tert-alkyl or cyclic N) is 1. The minimum absolute atomic E-state index is 0.0902. The number of carbonyl (C=O) groups is 1. The third kappa shape index (κ3) is 4.03. The largest absolute Gasteiger partial charge is 0.477 e. The summed E-state index contributed by atoms with van der Waals surface area (Å²) in [5.74, 6) is -0.802. The van der Waals surface area contributed by atoms with Gasteiger partial charge in [-0.2, -0.15) is 0 Å². The predicted octanol–water partition coefficient (Wildman–Crippen LogP) is -0.195. The number of pyridine rings is 1. The SMILES string of the molecule is CCOc1ncccc1C(=O)N1C[C@@H](CS(=O)(=O)N(C)C)[C@H](O)C1. The van der Waals surface area contributed by atoms with Crippen LogP contribution < -0.4 is 4.74 Å². The molecule has 2 heterocycles. The molecule has 134 valence electrons. The lowest BCUT2D eigenvalue weighted by molar-refractivity contribution is 0.0759. The Hall–Kier alpha value is -1.71. The van der Waals surface area contributed by atoms with Gasteiger partial charge in [0.1, 0.15) is 5.56 Å². The van der Waals surface area contributed by atoms with E-state index in [1.807, 2.05) is 0 Å². The molecule has 0 spiro atoms. The number of amides is 1. The Kier molecular flexibility index (Phi) is 5.79. The van der Waals surface area contributed by atoms with E-state index in [0.717, 1.165) is 4.31 Å². The Bertz CT molecular complexity index is 692. The average Bonchev–Trinajstić information content (AvgIpc) is 2.88. The van der Waals surface area contributed by atoms with Gasteiger partial charge in [-0.25, -0.2) is 17.7 Å². The number of rotatable bonds is 6. The van der Waals surface area contributed by atoms with Gasteiger partial charge in [-0.15, -0.1) is 0 Å². The lowest BCUT2D eigenvalue weighted by Gasteiger charge is -2.18. The van der Waals surface area contributed by atoms with E-state index in [2.05, 4.69) is 4.98 Å². The highest BCUT2D eigenvalue weighted by Gasteiger charge is 2.38. The monoisotopic (exact) mass is 357 g/mol. The fourth-order valence-corrected chi connectivity index (χ4v) is 3.75. The molecule has 9 heteroatoms. The molecule has 8 nitrogen and oxygen atoms in total. The van der Waals surface area contributed by atoms with Crippen LogP contribution in [0.1, 0.15) is 17.3 Å². The van der Waals surface area contributed by atoms with Crippen LogP contribution in [0.15, 0.2) is 18.3 Å². The van der Waals surface area contributed by atoms with E-state index in [4.69, 9.17) is 4.74 Å². The average molecular weight is 357 g/mol. The van der Waals surface area contributed by atoms with Gasteiger partial charge in [0.15, 0.2) is 0 Å². The van der Waals surface area contributed by atoms with Crippen molar-refractivity contribution in [3.05, 3.63) is 23.9 Å². The van der Waals surface area contributed by atoms with Crippen molar-refractivity contribution in [3.63, 3.8) is 0 Å². The number of aromatic nitrogens is 1. The standard InChI is InChI=1S/C15H23N3O5S/c1-4-23-14-12(6-5-7-16-14)15(20)18-8-11(13(19)9-18)10-24(21,22)17(2)3/h5-7,11,13,19H,4,8-10H2,1-3H3/t11-,13+/m0/s1. The minimum Gasteiger partial charge on any atom is -0.477 e. The van der Waals surface area contributed by atoms with Crippen LogP contribution in [0.5, 0.6) is 5.88 Å². The minimum atomic E-state index is -3.45. The van der Waals surface area contributed by atoms with Crippen molar-refractivity contribution >= 4 is 15.9 Å². The topological polar surface area (TPSA) is 100 Å². The summed E-state index contributed by atoms with van der Waals surface area (Å²) in [6.07, 6.45) is 0.656. The van der Waals surface area contributed by atoms with E-state index in [0.29, 0.717) is 12.2 Å². The number of aliphatic hydroxyl groups is 1. The number of hydrogen-bond acceptors (Lipinski definition) is 6. The van der Waals surface area contributed by atoms with E-state index in [9.17, 15) is 18.3 Å². The number of aliphatic hydroxyl groups excluding tert-OH is 1. The first kappa shape index (κ1) is 18.6. The van der Waals surface area contributed by atoms with E-state index in [1.54, 1.807) is 19.1 Å². The highest BCUT2D eigenvalue weighted by Crippen LogP contribution is 2.24. The second-order valence-electron chi connectivity index (χ2n) is 5.89. The normalized spacial score (nSPS) is 21.3. The van der Waals surface area contributed by atoms with Crippen LogP contribution in [-0.4, -0.2) is 79.3 Å². The molecule has 1 fully saturated rings. The van der Waals surface area contributed by atoms with Crippen molar-refractivity contribution < 1.29 is 23.1 Å². The van der Waals surface area contributed by atoms with Gasteiger partial charge in [0.2, 0.25) is 15.9 Å². The lowest BCUT2D eigenvalue weighted by Crippen LogP contribution is -2.33. The third-order valence-corrected chi connectivity index (χ3v) is 5.92. The van der Waals surface area contributed by atoms with Crippen molar-refractivity contribution in [3.8, 4) is 5.88 Å². The van der Waals surface area contributed by atoms with Gasteiger partial charge >= 0.3 is 0 Å². The molecule has 0 bridgehead atoms. The van der Waals surface area contributed by atoms with Crippen molar-refractivity contribution in [1.29, 1.82) is 0 Å². The van der Waals surface area contributed by atoms with Crippen LogP contribution in [0, 0.1) is 5.92 Å². The van der Waals surface area contributed by atoms with Gasteiger partial charge in [0.25, 0.3) is 5.91 Å². The molecule has 1 aliphatic rings. The number of sulfonamides is 1. The highest BCUT2D eigenvalue weighted by atomic mass is 32.2. The fraction of sp³-hybridized carbons (Fsp3) is 0.600. The van der Waals surface area contributed by atoms with Gasteiger partial charge in [-0.05, 0) is 19.1 Å². The number of likely N-dealkylation sites (tertiary alicyclic amines) is 1. The number of nitrogens with zero attached hydrogens (tertiary/aromatic N) is 3. The predicted molar refractivity (Wildman–Crippen MR) is 88.3 cm³/mol. The van der Waals surface area contributed by atoms with Crippen molar-refractivity contribution in [2.45, 2.75) is 13.0 Å². The lowest BCUT2D eigenvalue weighted by atomic mass is 10.1. The maximum atomic E-state index is 12.7. The van der Waals surface area contributed by atoms with Gasteiger partial charge in [-0.1, -0.05) is 0 Å². The molecular weight excluding hydrogens is 334 g/mol. The molecular formula is C15H23N3O5S. The van der Waals surface area contributed by atoms with Crippen LogP contribution in [-0.2, 0) is 10.0 Å². The zero-order valence-electron chi connectivity index (χ0n) is 14.0. The molecule has 1 aromatic heterocycles. The molecule has 0 saturated carbocycles. The van der Waals surface area contributed by atoms with E-state index >= 15 is 0 Å². The van der Waals surface area contributed by atoms with Gasteiger partial charge < -0.3 is 14.7 Å². The molecule has 2 rings (SSSR count). The molecule has 2 atom stereocenters. The molecule has 0 aromatic carbocycles. The molecule has 24 heavy (non-hydrogen) atoms. The van der Waals surface area contributed by atoms with Crippen LogP contribution in [0.3, 0.4) is 0 Å². The van der Waals surface area contributed by atoms with Crippen LogP contribution in [0.25, 0.3) is 0 Å². The van der Waals surface area contributed by atoms with E-state index in [-0.39, 0.29) is 30.6 Å². The molecule has 1 N–H and O–H groups in total. The molecule has 1 saturated heterocycles. The van der Waals surface area contributed by atoms with Crippen molar-refractivity contribution in [2.24, 2.45) is 5.92 Å². The molecule has 0 unspecified atom stereocenters. The van der Waals surface area contributed by atoms with Crippen LogP contribution in [0.4, 0.5) is 0 Å². The Morgan fingerprint density at radius 3 is 2.79 bits per heavy atom. The highest BCUT2D eigenvalue weighted by molar-refractivity contribution is 7.89. The summed E-state index contributed by atoms with van der Waals surface area (Å²) in [5, 5.41) is 10.1. The fourth-order valence-electron chi connectivity index (χ4n) is 2.58. The zero-order chi connectivity index (χ0) is 17.9. The summed E-state index contributed by atoms with van der Waals surface area (Å²) in [6.45, 7) is 2.44. The second-order valence-corrected chi connectivity index (χ2v) is 8.12. The maximum Gasteiger partial charge on any atom is 0.259 e. The van der Waals surface area contributed by atoms with Gasteiger partial charge in [-0.3, -0.25) is 4.79 Å². The quantitative estimate of drug-likeness (QED) is 0.757. The number of ether oxygens (including phenoxy) is 1. The Morgan fingerprint density at radius 2 is 2.17 bits per heavy atom. The molecule has 1 aliphatic heterocycles. The van der Waals surface area contributed by atoms with E-state index < -0.39 is 22.0 Å². The summed E-state index contributed by atoms with van der Waals surface area (Å²) < 4.78 is 30.5.